The second kappa shape index (κ2) is 5.83. The Kier molecular flexibility index (Phi) is 4.06. The standard InChI is InChI=1S/C13H10Cl3FN4/c14-8-1-2-9(17)12(16)7(8)6-21-4-3-18-13-10(21)5-11(15)19-20-13/h1-2,5H,3-4,6H2,(H,18,20). The lowest BCUT2D eigenvalue weighted by atomic mass is 10.1. The summed E-state index contributed by atoms with van der Waals surface area (Å²) in [6.45, 7) is 1.75. The predicted molar refractivity (Wildman–Crippen MR) is 83.0 cm³/mol. The average Bonchev–Trinajstić information content (AvgIpc) is 2.48. The molecular weight excluding hydrogens is 338 g/mol. The van der Waals surface area contributed by atoms with E-state index in [1.54, 1.807) is 6.07 Å². The van der Waals surface area contributed by atoms with Crippen molar-refractivity contribution in [1.82, 2.24) is 10.2 Å². The van der Waals surface area contributed by atoms with Gasteiger partial charge in [0.05, 0.1) is 10.7 Å². The van der Waals surface area contributed by atoms with E-state index in [2.05, 4.69) is 15.5 Å². The Morgan fingerprint density at radius 1 is 1.24 bits per heavy atom. The van der Waals surface area contributed by atoms with E-state index >= 15 is 0 Å². The van der Waals surface area contributed by atoms with E-state index < -0.39 is 5.82 Å². The minimum atomic E-state index is -0.489. The lowest BCUT2D eigenvalue weighted by Gasteiger charge is -2.31. The van der Waals surface area contributed by atoms with Crippen LogP contribution in [-0.4, -0.2) is 23.3 Å². The summed E-state index contributed by atoms with van der Waals surface area (Å²) in [4.78, 5) is 1.99. The maximum absolute atomic E-state index is 13.6. The van der Waals surface area contributed by atoms with E-state index in [0.717, 1.165) is 5.69 Å². The van der Waals surface area contributed by atoms with Crippen LogP contribution in [0.15, 0.2) is 18.2 Å². The lowest BCUT2D eigenvalue weighted by Crippen LogP contribution is -2.34. The summed E-state index contributed by atoms with van der Waals surface area (Å²) in [5, 5.41) is 11.7. The zero-order valence-electron chi connectivity index (χ0n) is 10.7. The van der Waals surface area contributed by atoms with Crippen LogP contribution in [0.1, 0.15) is 5.56 Å². The van der Waals surface area contributed by atoms with Crippen molar-refractivity contribution in [1.29, 1.82) is 0 Å². The Bertz CT molecular complexity index is 695. The fourth-order valence-electron chi connectivity index (χ4n) is 2.22. The number of halogens is 4. The normalized spacial score (nSPS) is 13.8. The first-order valence-electron chi connectivity index (χ1n) is 6.20. The van der Waals surface area contributed by atoms with Gasteiger partial charge in [-0.2, -0.15) is 0 Å². The Morgan fingerprint density at radius 2 is 2.05 bits per heavy atom. The summed E-state index contributed by atoms with van der Waals surface area (Å²) in [5.74, 6) is 0.145. The van der Waals surface area contributed by atoms with Gasteiger partial charge in [-0.05, 0) is 12.1 Å². The van der Waals surface area contributed by atoms with Gasteiger partial charge in [-0.3, -0.25) is 0 Å². The van der Waals surface area contributed by atoms with Crippen molar-refractivity contribution in [2.45, 2.75) is 6.54 Å². The van der Waals surface area contributed by atoms with Crippen molar-refractivity contribution in [2.24, 2.45) is 0 Å². The molecule has 1 aliphatic rings. The van der Waals surface area contributed by atoms with E-state index in [0.29, 0.717) is 41.2 Å². The van der Waals surface area contributed by atoms with Gasteiger partial charge in [-0.15, -0.1) is 10.2 Å². The number of hydrogen-bond acceptors (Lipinski definition) is 4. The van der Waals surface area contributed by atoms with Gasteiger partial charge in [-0.1, -0.05) is 34.8 Å². The molecule has 0 fully saturated rings. The van der Waals surface area contributed by atoms with Crippen LogP contribution in [0, 0.1) is 5.82 Å². The van der Waals surface area contributed by atoms with Crippen LogP contribution < -0.4 is 10.2 Å². The highest BCUT2D eigenvalue weighted by atomic mass is 35.5. The van der Waals surface area contributed by atoms with Gasteiger partial charge in [-0.25, -0.2) is 4.39 Å². The van der Waals surface area contributed by atoms with Crippen LogP contribution >= 0.6 is 34.8 Å². The number of anilines is 2. The minimum Gasteiger partial charge on any atom is -0.365 e. The van der Waals surface area contributed by atoms with Crippen molar-refractivity contribution in [3.8, 4) is 0 Å². The molecule has 21 heavy (non-hydrogen) atoms. The molecule has 1 aromatic carbocycles. The van der Waals surface area contributed by atoms with Crippen LogP contribution in [-0.2, 0) is 6.54 Å². The van der Waals surface area contributed by atoms with Crippen molar-refractivity contribution >= 4 is 46.3 Å². The van der Waals surface area contributed by atoms with Gasteiger partial charge >= 0.3 is 0 Å². The number of benzene rings is 1. The summed E-state index contributed by atoms with van der Waals surface area (Å²) in [6.07, 6.45) is 0. The molecule has 0 saturated carbocycles. The Labute approximate surface area is 135 Å². The molecule has 0 amide bonds. The molecule has 8 heteroatoms. The molecule has 0 unspecified atom stereocenters. The zero-order valence-corrected chi connectivity index (χ0v) is 13.0. The molecule has 0 aliphatic carbocycles. The third-order valence-electron chi connectivity index (χ3n) is 3.25. The smallest absolute Gasteiger partial charge is 0.172 e. The highest BCUT2D eigenvalue weighted by Gasteiger charge is 2.21. The van der Waals surface area contributed by atoms with Crippen LogP contribution in [0.5, 0.6) is 0 Å². The minimum absolute atomic E-state index is 0.0377. The quantitative estimate of drug-likeness (QED) is 0.834. The molecule has 2 aromatic rings. The first-order valence-corrected chi connectivity index (χ1v) is 7.34. The van der Waals surface area contributed by atoms with Crippen LogP contribution in [0.4, 0.5) is 15.9 Å². The summed E-state index contributed by atoms with van der Waals surface area (Å²) in [6, 6.07) is 4.46. The Hall–Kier alpha value is -1.30. The molecule has 0 atom stereocenters. The maximum atomic E-state index is 13.6. The number of fused-ring (bicyclic) bond motifs is 1. The van der Waals surface area contributed by atoms with Gasteiger partial charge in [0, 0.05) is 36.3 Å². The summed E-state index contributed by atoms with van der Waals surface area (Å²) < 4.78 is 13.6. The summed E-state index contributed by atoms with van der Waals surface area (Å²) in [7, 11) is 0. The molecule has 4 nitrogen and oxygen atoms in total. The number of nitrogens with one attached hydrogen (secondary N) is 1. The largest absolute Gasteiger partial charge is 0.365 e. The Balaban J connectivity index is 1.98. The topological polar surface area (TPSA) is 41.0 Å². The second-order valence-corrected chi connectivity index (χ2v) is 5.74. The third-order valence-corrected chi connectivity index (χ3v) is 4.19. The van der Waals surface area contributed by atoms with E-state index in [1.807, 2.05) is 4.90 Å². The maximum Gasteiger partial charge on any atom is 0.172 e. The number of hydrogen-bond donors (Lipinski definition) is 1. The molecule has 0 radical (unpaired) electrons. The van der Waals surface area contributed by atoms with Gasteiger partial charge in [0.15, 0.2) is 11.0 Å². The van der Waals surface area contributed by atoms with E-state index in [9.17, 15) is 4.39 Å². The molecular formula is C13H10Cl3FN4. The second-order valence-electron chi connectivity index (χ2n) is 4.57. The van der Waals surface area contributed by atoms with Gasteiger partial charge < -0.3 is 10.2 Å². The Morgan fingerprint density at radius 3 is 2.86 bits per heavy atom. The molecule has 3 rings (SSSR count). The predicted octanol–water partition coefficient (Wildman–Crippen LogP) is 4.01. The average molecular weight is 348 g/mol. The fraction of sp³-hybridized carbons (Fsp3) is 0.231. The highest BCUT2D eigenvalue weighted by Crippen LogP contribution is 2.33. The van der Waals surface area contributed by atoms with Crippen molar-refractivity contribution < 1.29 is 4.39 Å². The molecule has 0 saturated heterocycles. The van der Waals surface area contributed by atoms with Crippen molar-refractivity contribution in [2.75, 3.05) is 23.3 Å². The molecule has 2 heterocycles. The van der Waals surface area contributed by atoms with Crippen LogP contribution in [0.25, 0.3) is 0 Å². The molecule has 110 valence electrons. The number of aromatic nitrogens is 2. The van der Waals surface area contributed by atoms with Crippen LogP contribution in [0.2, 0.25) is 15.2 Å². The van der Waals surface area contributed by atoms with Crippen molar-refractivity contribution in [3.05, 3.63) is 44.8 Å². The molecule has 0 bridgehead atoms. The van der Waals surface area contributed by atoms with Crippen LogP contribution in [0.3, 0.4) is 0 Å². The third kappa shape index (κ3) is 2.86. The lowest BCUT2D eigenvalue weighted by molar-refractivity contribution is 0.624. The molecule has 1 aliphatic heterocycles. The van der Waals surface area contributed by atoms with E-state index in [4.69, 9.17) is 34.8 Å². The highest BCUT2D eigenvalue weighted by molar-refractivity contribution is 6.36. The van der Waals surface area contributed by atoms with E-state index in [1.165, 1.54) is 12.1 Å². The summed E-state index contributed by atoms with van der Waals surface area (Å²) in [5.41, 5.74) is 1.33. The number of rotatable bonds is 2. The molecule has 1 aromatic heterocycles. The fourth-order valence-corrected chi connectivity index (χ4v) is 2.86. The molecule has 1 N–H and O–H groups in total. The van der Waals surface area contributed by atoms with E-state index in [-0.39, 0.29) is 5.02 Å². The number of nitrogens with zero attached hydrogens (tertiary/aromatic N) is 3. The monoisotopic (exact) mass is 346 g/mol. The molecule has 0 spiro atoms. The first kappa shape index (κ1) is 14.6. The van der Waals surface area contributed by atoms with Gasteiger partial charge in [0.2, 0.25) is 0 Å². The first-order chi connectivity index (χ1) is 10.1. The van der Waals surface area contributed by atoms with Crippen molar-refractivity contribution in [3.63, 3.8) is 0 Å². The van der Waals surface area contributed by atoms with Gasteiger partial charge in [0.1, 0.15) is 5.82 Å². The van der Waals surface area contributed by atoms with Gasteiger partial charge in [0.25, 0.3) is 0 Å². The summed E-state index contributed by atoms with van der Waals surface area (Å²) >= 11 is 18.0. The SMILES string of the molecule is Fc1ccc(Cl)c(CN2CCNc3nnc(Cl)cc32)c1Cl. The zero-order chi connectivity index (χ0) is 15.0.